The van der Waals surface area contributed by atoms with Crippen molar-refractivity contribution in [3.05, 3.63) is 29.3 Å². The van der Waals surface area contributed by atoms with Crippen molar-refractivity contribution in [3.63, 3.8) is 0 Å². The Morgan fingerprint density at radius 2 is 1.58 bits per heavy atom. The Balaban J connectivity index is 1.74. The second-order valence-electron chi connectivity index (χ2n) is 9.43. The van der Waals surface area contributed by atoms with E-state index in [9.17, 15) is 0 Å². The van der Waals surface area contributed by atoms with Gasteiger partial charge in [-0.2, -0.15) is 0 Å². The van der Waals surface area contributed by atoms with Crippen LogP contribution in [-0.4, -0.2) is 51.9 Å². The number of aliphatic imine (C=N–C) groups is 1. The second kappa shape index (κ2) is 11.1. The summed E-state index contributed by atoms with van der Waals surface area (Å²) >= 11 is 3.94. The smallest absolute Gasteiger partial charge is 0.231 e. The van der Waals surface area contributed by atoms with Crippen LogP contribution in [0.3, 0.4) is 0 Å². The van der Waals surface area contributed by atoms with Crippen LogP contribution in [0.15, 0.2) is 23.2 Å². The van der Waals surface area contributed by atoms with Gasteiger partial charge in [0.05, 0.1) is 25.4 Å². The van der Waals surface area contributed by atoms with E-state index in [1.165, 1.54) is 25.7 Å². The lowest BCUT2D eigenvalue weighted by Gasteiger charge is -2.36. The molecule has 0 spiro atoms. The highest BCUT2D eigenvalue weighted by Crippen LogP contribution is 2.58. The maximum absolute atomic E-state index is 6.07. The van der Waals surface area contributed by atoms with Gasteiger partial charge < -0.3 is 23.7 Å². The maximum atomic E-state index is 6.07. The molecule has 0 atom stereocenters. The molecular weight excluding hydrogens is 494 g/mol. The summed E-state index contributed by atoms with van der Waals surface area (Å²) in [5, 5.41) is 0. The molecule has 6 nitrogen and oxygen atoms in total. The molecule has 0 amide bonds. The van der Waals surface area contributed by atoms with Crippen molar-refractivity contribution in [1.29, 1.82) is 0 Å². The zero-order chi connectivity index (χ0) is 25.1. The van der Waals surface area contributed by atoms with E-state index in [-0.39, 0.29) is 10.9 Å². The summed E-state index contributed by atoms with van der Waals surface area (Å²) in [6.07, 6.45) is 9.32. The highest BCUT2D eigenvalue weighted by atomic mass is 32.2. The van der Waals surface area contributed by atoms with Crippen molar-refractivity contribution in [1.82, 2.24) is 0 Å². The van der Waals surface area contributed by atoms with E-state index in [0.717, 1.165) is 58.1 Å². The van der Waals surface area contributed by atoms with Crippen molar-refractivity contribution in [2.75, 3.05) is 39.6 Å². The number of hydrogen-bond acceptors (Lipinski definition) is 8. The molecule has 0 N–H and O–H groups in total. The van der Waals surface area contributed by atoms with Crippen molar-refractivity contribution in [3.8, 4) is 39.9 Å². The van der Waals surface area contributed by atoms with Gasteiger partial charge in [0.15, 0.2) is 23.0 Å². The summed E-state index contributed by atoms with van der Waals surface area (Å²) in [6, 6.07) is 6.60. The summed E-state index contributed by atoms with van der Waals surface area (Å²) in [6.45, 7) is 2.52. The number of hydrogen-bond donors (Lipinski definition) is 0. The van der Waals surface area contributed by atoms with E-state index in [2.05, 4.69) is 19.1 Å². The number of fused-ring (bicyclic) bond motifs is 1. The lowest BCUT2D eigenvalue weighted by Crippen LogP contribution is -2.20. The largest absolute Gasteiger partial charge is 0.493 e. The van der Waals surface area contributed by atoms with E-state index >= 15 is 0 Å². The number of ether oxygens (including phenoxy) is 5. The quantitative estimate of drug-likeness (QED) is 0.362. The lowest BCUT2D eigenvalue weighted by molar-refractivity contribution is 0.174. The molecule has 1 saturated carbocycles. The van der Waals surface area contributed by atoms with Gasteiger partial charge in [-0.1, -0.05) is 19.3 Å². The molecule has 1 saturated heterocycles. The zero-order valence-electron chi connectivity index (χ0n) is 21.6. The SMILES string of the molecule is COc1cc(C2(C)SCCCS2)c(-c2cc3c(cc2C=NC2CCCCC2)OCO3)c(OC)c1OC. The molecule has 2 aromatic rings. The summed E-state index contributed by atoms with van der Waals surface area (Å²) in [7, 11) is 5.02. The molecule has 2 aromatic carbocycles. The van der Waals surface area contributed by atoms with Crippen LogP contribution in [0.5, 0.6) is 28.7 Å². The molecule has 0 aromatic heterocycles. The normalized spacial score (nSPS) is 19.4. The molecule has 1 aliphatic carbocycles. The molecule has 0 unspecified atom stereocenters. The number of benzene rings is 2. The summed E-state index contributed by atoms with van der Waals surface area (Å²) in [5.41, 5.74) is 4.13. The summed E-state index contributed by atoms with van der Waals surface area (Å²) < 4.78 is 29.1. The Kier molecular flexibility index (Phi) is 7.82. The molecule has 194 valence electrons. The Hall–Kier alpha value is -2.19. The molecule has 8 heteroatoms. The molecule has 2 aliphatic heterocycles. The van der Waals surface area contributed by atoms with Crippen LogP contribution in [0, 0.1) is 0 Å². The monoisotopic (exact) mass is 529 g/mol. The Bertz CT molecular complexity index is 1120. The van der Waals surface area contributed by atoms with Crippen molar-refractivity contribution in [2.45, 2.75) is 55.6 Å². The van der Waals surface area contributed by atoms with Crippen LogP contribution in [0.25, 0.3) is 11.1 Å². The van der Waals surface area contributed by atoms with Crippen LogP contribution in [0.1, 0.15) is 56.6 Å². The Morgan fingerprint density at radius 1 is 0.889 bits per heavy atom. The first-order chi connectivity index (χ1) is 17.6. The Morgan fingerprint density at radius 3 is 2.25 bits per heavy atom. The van der Waals surface area contributed by atoms with Gasteiger partial charge in [0.25, 0.3) is 0 Å². The highest BCUT2D eigenvalue weighted by molar-refractivity contribution is 8.18. The summed E-state index contributed by atoms with van der Waals surface area (Å²) in [4.78, 5) is 5.03. The summed E-state index contributed by atoms with van der Waals surface area (Å²) in [5.74, 6) is 5.61. The van der Waals surface area contributed by atoms with Gasteiger partial charge in [-0.05, 0) is 67.0 Å². The molecule has 0 radical (unpaired) electrons. The standard InChI is InChI=1S/C28H35NO5S2/c1-28(35-11-8-12-36-28)21-15-24(30-2)26(31-3)27(32-4)25(21)20-14-23-22(33-17-34-23)13-18(20)16-29-19-9-6-5-7-10-19/h13-16,19H,5-12,17H2,1-4H3. The molecular formula is C28H35NO5S2. The van der Waals surface area contributed by atoms with Crippen LogP contribution in [0.2, 0.25) is 0 Å². The van der Waals surface area contributed by atoms with Gasteiger partial charge in [0.2, 0.25) is 12.5 Å². The van der Waals surface area contributed by atoms with E-state index in [1.807, 2.05) is 35.8 Å². The number of nitrogens with zero attached hydrogens (tertiary/aromatic N) is 1. The van der Waals surface area contributed by atoms with Gasteiger partial charge in [-0.15, -0.1) is 23.5 Å². The predicted molar refractivity (Wildman–Crippen MR) is 149 cm³/mol. The van der Waals surface area contributed by atoms with E-state index in [0.29, 0.717) is 23.3 Å². The van der Waals surface area contributed by atoms with Gasteiger partial charge in [-0.3, -0.25) is 4.99 Å². The molecule has 5 rings (SSSR count). The first kappa shape index (κ1) is 25.5. The minimum atomic E-state index is -0.172. The van der Waals surface area contributed by atoms with Crippen molar-refractivity contribution >= 4 is 29.7 Å². The van der Waals surface area contributed by atoms with E-state index in [4.69, 9.17) is 28.7 Å². The first-order valence-electron chi connectivity index (χ1n) is 12.7. The highest BCUT2D eigenvalue weighted by Gasteiger charge is 2.37. The maximum Gasteiger partial charge on any atom is 0.231 e. The van der Waals surface area contributed by atoms with E-state index < -0.39 is 0 Å². The lowest BCUT2D eigenvalue weighted by atomic mass is 9.91. The van der Waals surface area contributed by atoms with Gasteiger partial charge in [-0.25, -0.2) is 0 Å². The Labute approximate surface area is 222 Å². The van der Waals surface area contributed by atoms with Crippen LogP contribution < -0.4 is 23.7 Å². The topological polar surface area (TPSA) is 58.5 Å². The van der Waals surface area contributed by atoms with E-state index in [1.54, 1.807) is 21.3 Å². The van der Waals surface area contributed by atoms with Crippen LogP contribution in [0.4, 0.5) is 0 Å². The van der Waals surface area contributed by atoms with Crippen LogP contribution >= 0.6 is 23.5 Å². The third-order valence-corrected chi connectivity index (χ3v) is 10.4. The third-order valence-electron chi connectivity index (χ3n) is 7.18. The average Bonchev–Trinajstić information content (AvgIpc) is 3.38. The number of thioether (sulfide) groups is 2. The fourth-order valence-electron chi connectivity index (χ4n) is 5.27. The molecule has 2 heterocycles. The molecule has 3 aliphatic rings. The third kappa shape index (κ3) is 4.86. The molecule has 0 bridgehead atoms. The first-order valence-corrected chi connectivity index (χ1v) is 14.6. The van der Waals surface area contributed by atoms with Crippen molar-refractivity contribution < 1.29 is 23.7 Å². The van der Waals surface area contributed by atoms with Gasteiger partial charge in [0.1, 0.15) is 0 Å². The fraction of sp³-hybridized carbons (Fsp3) is 0.536. The van der Waals surface area contributed by atoms with Gasteiger partial charge >= 0.3 is 0 Å². The van der Waals surface area contributed by atoms with Crippen LogP contribution in [-0.2, 0) is 4.08 Å². The fourth-order valence-corrected chi connectivity index (χ4v) is 8.27. The second-order valence-corrected chi connectivity index (χ2v) is 12.7. The average molecular weight is 530 g/mol. The predicted octanol–water partition coefficient (Wildman–Crippen LogP) is 6.90. The molecule has 2 fully saturated rings. The van der Waals surface area contributed by atoms with Crippen molar-refractivity contribution in [2.24, 2.45) is 4.99 Å². The zero-order valence-corrected chi connectivity index (χ0v) is 23.2. The molecule has 36 heavy (non-hydrogen) atoms. The number of rotatable bonds is 7. The van der Waals surface area contributed by atoms with Gasteiger partial charge in [0, 0.05) is 23.4 Å². The number of methoxy groups -OCH3 is 3. The minimum absolute atomic E-state index is 0.172. The minimum Gasteiger partial charge on any atom is -0.493 e.